The standard InChI is InChI=1S/C17H19BrN2O/c1-12-4-3-5-14(10-12)19-9-8-17(21)20-15-6-7-16(18)13(2)11-15/h3-7,10-11,19H,8-9H2,1-2H3,(H,20,21). The van der Waals surface area contributed by atoms with Crippen LogP contribution < -0.4 is 10.6 Å². The number of carbonyl (C=O) groups is 1. The van der Waals surface area contributed by atoms with E-state index in [9.17, 15) is 4.79 Å². The summed E-state index contributed by atoms with van der Waals surface area (Å²) in [6.07, 6.45) is 0.434. The van der Waals surface area contributed by atoms with Crippen LogP contribution in [0.1, 0.15) is 17.5 Å². The van der Waals surface area contributed by atoms with Crippen LogP contribution in [0.2, 0.25) is 0 Å². The van der Waals surface area contributed by atoms with Crippen molar-refractivity contribution in [3.8, 4) is 0 Å². The highest BCUT2D eigenvalue weighted by Crippen LogP contribution is 2.20. The molecule has 0 aliphatic rings. The molecule has 21 heavy (non-hydrogen) atoms. The Hall–Kier alpha value is -1.81. The van der Waals surface area contributed by atoms with E-state index in [0.29, 0.717) is 13.0 Å². The average Bonchev–Trinajstić information content (AvgIpc) is 2.43. The van der Waals surface area contributed by atoms with Crippen LogP contribution in [0.3, 0.4) is 0 Å². The van der Waals surface area contributed by atoms with Gasteiger partial charge in [-0.1, -0.05) is 28.1 Å². The van der Waals surface area contributed by atoms with Crippen LogP contribution in [0, 0.1) is 13.8 Å². The molecule has 2 N–H and O–H groups in total. The Morgan fingerprint density at radius 2 is 1.90 bits per heavy atom. The van der Waals surface area contributed by atoms with Gasteiger partial charge in [0.05, 0.1) is 0 Å². The van der Waals surface area contributed by atoms with Gasteiger partial charge in [-0.3, -0.25) is 4.79 Å². The number of anilines is 2. The summed E-state index contributed by atoms with van der Waals surface area (Å²) in [6.45, 7) is 4.66. The van der Waals surface area contributed by atoms with Gasteiger partial charge in [-0.25, -0.2) is 0 Å². The number of aryl methyl sites for hydroxylation is 2. The molecule has 0 saturated carbocycles. The Balaban J connectivity index is 1.81. The SMILES string of the molecule is Cc1cccc(NCCC(=O)Nc2ccc(Br)c(C)c2)c1. The van der Waals surface area contributed by atoms with E-state index in [-0.39, 0.29) is 5.91 Å². The molecule has 2 aromatic carbocycles. The van der Waals surface area contributed by atoms with E-state index in [0.717, 1.165) is 21.4 Å². The lowest BCUT2D eigenvalue weighted by Gasteiger charge is -2.09. The number of benzene rings is 2. The molecule has 0 aliphatic heterocycles. The summed E-state index contributed by atoms with van der Waals surface area (Å²) in [6, 6.07) is 13.9. The molecule has 0 unspecified atom stereocenters. The lowest BCUT2D eigenvalue weighted by Crippen LogP contribution is -2.16. The average molecular weight is 347 g/mol. The molecule has 0 aromatic heterocycles. The molecule has 0 fully saturated rings. The van der Waals surface area contributed by atoms with Crippen molar-refractivity contribution in [2.45, 2.75) is 20.3 Å². The first-order chi connectivity index (χ1) is 10.0. The van der Waals surface area contributed by atoms with Crippen LogP contribution in [-0.2, 0) is 4.79 Å². The van der Waals surface area contributed by atoms with Crippen molar-refractivity contribution in [1.82, 2.24) is 0 Å². The molecule has 0 radical (unpaired) electrons. The zero-order valence-corrected chi connectivity index (χ0v) is 13.8. The number of hydrogen-bond acceptors (Lipinski definition) is 2. The minimum Gasteiger partial charge on any atom is -0.385 e. The van der Waals surface area contributed by atoms with Gasteiger partial charge in [0.2, 0.25) is 5.91 Å². The molecule has 4 heteroatoms. The van der Waals surface area contributed by atoms with Crippen LogP contribution in [0.25, 0.3) is 0 Å². The fourth-order valence-electron chi connectivity index (χ4n) is 2.02. The summed E-state index contributed by atoms with van der Waals surface area (Å²) in [5.41, 5.74) is 4.18. The topological polar surface area (TPSA) is 41.1 Å². The van der Waals surface area contributed by atoms with E-state index in [4.69, 9.17) is 0 Å². The van der Waals surface area contributed by atoms with Crippen molar-refractivity contribution in [3.05, 3.63) is 58.1 Å². The van der Waals surface area contributed by atoms with Gasteiger partial charge in [-0.2, -0.15) is 0 Å². The minimum absolute atomic E-state index is 0.0110. The Morgan fingerprint density at radius 3 is 2.62 bits per heavy atom. The second-order valence-electron chi connectivity index (χ2n) is 5.06. The van der Waals surface area contributed by atoms with Crippen molar-refractivity contribution < 1.29 is 4.79 Å². The molecule has 1 amide bonds. The highest BCUT2D eigenvalue weighted by atomic mass is 79.9. The van der Waals surface area contributed by atoms with E-state index >= 15 is 0 Å². The molecule has 110 valence electrons. The van der Waals surface area contributed by atoms with E-state index in [1.165, 1.54) is 5.56 Å². The molecule has 0 saturated heterocycles. The van der Waals surface area contributed by atoms with Crippen molar-refractivity contribution in [2.75, 3.05) is 17.2 Å². The van der Waals surface area contributed by atoms with Crippen molar-refractivity contribution in [2.24, 2.45) is 0 Å². The fraction of sp³-hybridized carbons (Fsp3) is 0.235. The smallest absolute Gasteiger partial charge is 0.226 e. The predicted octanol–water partition coefficient (Wildman–Crippen LogP) is 4.51. The van der Waals surface area contributed by atoms with Gasteiger partial charge in [-0.05, 0) is 55.3 Å². The highest BCUT2D eigenvalue weighted by molar-refractivity contribution is 9.10. The monoisotopic (exact) mass is 346 g/mol. The maximum Gasteiger partial charge on any atom is 0.226 e. The van der Waals surface area contributed by atoms with E-state index in [1.807, 2.05) is 50.2 Å². The molecular formula is C17H19BrN2O. The first kappa shape index (κ1) is 15.6. The van der Waals surface area contributed by atoms with Crippen molar-refractivity contribution in [1.29, 1.82) is 0 Å². The van der Waals surface area contributed by atoms with Crippen LogP contribution >= 0.6 is 15.9 Å². The number of rotatable bonds is 5. The van der Waals surface area contributed by atoms with E-state index < -0.39 is 0 Å². The number of hydrogen-bond donors (Lipinski definition) is 2. The Morgan fingerprint density at radius 1 is 1.10 bits per heavy atom. The van der Waals surface area contributed by atoms with E-state index in [2.05, 4.69) is 32.6 Å². The molecule has 0 bridgehead atoms. The molecule has 3 nitrogen and oxygen atoms in total. The van der Waals surface area contributed by atoms with Crippen molar-refractivity contribution in [3.63, 3.8) is 0 Å². The molecule has 0 atom stereocenters. The number of amides is 1. The molecular weight excluding hydrogens is 328 g/mol. The second kappa shape index (κ2) is 7.27. The summed E-state index contributed by atoms with van der Waals surface area (Å²) in [5.74, 6) is 0.0110. The van der Waals surface area contributed by atoms with E-state index in [1.54, 1.807) is 0 Å². The fourth-order valence-corrected chi connectivity index (χ4v) is 2.27. The predicted molar refractivity (Wildman–Crippen MR) is 91.8 cm³/mol. The third-order valence-electron chi connectivity index (χ3n) is 3.14. The number of halogens is 1. The van der Waals surface area contributed by atoms with Gasteiger partial charge in [0.1, 0.15) is 0 Å². The second-order valence-corrected chi connectivity index (χ2v) is 5.91. The van der Waals surface area contributed by atoms with Crippen LogP contribution in [-0.4, -0.2) is 12.5 Å². The number of carbonyl (C=O) groups excluding carboxylic acids is 1. The molecule has 0 heterocycles. The quantitative estimate of drug-likeness (QED) is 0.836. The normalized spacial score (nSPS) is 10.2. The van der Waals surface area contributed by atoms with Gasteiger partial charge in [0, 0.05) is 28.8 Å². The summed E-state index contributed by atoms with van der Waals surface area (Å²) >= 11 is 3.45. The molecule has 0 spiro atoms. The van der Waals surface area contributed by atoms with Crippen LogP contribution in [0.15, 0.2) is 46.9 Å². The summed E-state index contributed by atoms with van der Waals surface area (Å²) < 4.78 is 1.04. The maximum absolute atomic E-state index is 11.9. The lowest BCUT2D eigenvalue weighted by molar-refractivity contribution is -0.115. The molecule has 0 aliphatic carbocycles. The van der Waals surface area contributed by atoms with Gasteiger partial charge in [0.25, 0.3) is 0 Å². The highest BCUT2D eigenvalue weighted by Gasteiger charge is 2.03. The zero-order valence-electron chi connectivity index (χ0n) is 12.2. The largest absolute Gasteiger partial charge is 0.385 e. The third kappa shape index (κ3) is 4.90. The van der Waals surface area contributed by atoms with Gasteiger partial charge >= 0.3 is 0 Å². The van der Waals surface area contributed by atoms with Crippen LogP contribution in [0.5, 0.6) is 0 Å². The summed E-state index contributed by atoms with van der Waals surface area (Å²) in [7, 11) is 0. The summed E-state index contributed by atoms with van der Waals surface area (Å²) in [5, 5.41) is 6.16. The van der Waals surface area contributed by atoms with Crippen molar-refractivity contribution >= 4 is 33.2 Å². The Bertz CT molecular complexity index is 640. The zero-order chi connectivity index (χ0) is 15.2. The minimum atomic E-state index is 0.0110. The Kier molecular flexibility index (Phi) is 5.39. The summed E-state index contributed by atoms with van der Waals surface area (Å²) in [4.78, 5) is 11.9. The maximum atomic E-state index is 11.9. The molecule has 2 aromatic rings. The van der Waals surface area contributed by atoms with Gasteiger partial charge in [0.15, 0.2) is 0 Å². The Labute approximate surface area is 133 Å². The van der Waals surface area contributed by atoms with Gasteiger partial charge in [-0.15, -0.1) is 0 Å². The first-order valence-electron chi connectivity index (χ1n) is 6.91. The lowest BCUT2D eigenvalue weighted by atomic mass is 10.2. The first-order valence-corrected chi connectivity index (χ1v) is 7.70. The third-order valence-corrected chi connectivity index (χ3v) is 4.03. The molecule has 2 rings (SSSR count). The van der Waals surface area contributed by atoms with Crippen LogP contribution in [0.4, 0.5) is 11.4 Å². The van der Waals surface area contributed by atoms with Gasteiger partial charge < -0.3 is 10.6 Å². The number of nitrogens with one attached hydrogen (secondary N) is 2.